The average molecular weight is 245 g/mol. The molecular formula is C14H19N3O. The van der Waals surface area contributed by atoms with E-state index in [4.69, 9.17) is 0 Å². The van der Waals surface area contributed by atoms with Gasteiger partial charge in [0.05, 0.1) is 0 Å². The molecule has 2 aliphatic rings. The molecule has 1 saturated carbocycles. The molecule has 2 heterocycles. The Morgan fingerprint density at radius 3 is 2.44 bits per heavy atom. The van der Waals surface area contributed by atoms with Crippen molar-refractivity contribution in [3.8, 4) is 0 Å². The van der Waals surface area contributed by atoms with Crippen LogP contribution in [0.5, 0.6) is 0 Å². The van der Waals surface area contributed by atoms with Gasteiger partial charge in [0.15, 0.2) is 0 Å². The van der Waals surface area contributed by atoms with Gasteiger partial charge in [-0.1, -0.05) is 0 Å². The summed E-state index contributed by atoms with van der Waals surface area (Å²) in [5.74, 6) is 1.08. The molecule has 1 saturated heterocycles. The molecular weight excluding hydrogens is 226 g/mol. The summed E-state index contributed by atoms with van der Waals surface area (Å²) >= 11 is 0. The molecule has 0 atom stereocenters. The summed E-state index contributed by atoms with van der Waals surface area (Å²) in [6.45, 7) is 4.99. The minimum absolute atomic E-state index is 0.142. The molecule has 1 aromatic rings. The Hall–Kier alpha value is -1.42. The summed E-state index contributed by atoms with van der Waals surface area (Å²) in [6.07, 6.45) is 6.15. The van der Waals surface area contributed by atoms with Crippen molar-refractivity contribution in [3.05, 3.63) is 30.1 Å². The van der Waals surface area contributed by atoms with Crippen LogP contribution in [0, 0.1) is 5.92 Å². The quantitative estimate of drug-likeness (QED) is 0.804. The Kier molecular flexibility index (Phi) is 3.28. The van der Waals surface area contributed by atoms with Crippen molar-refractivity contribution < 1.29 is 4.79 Å². The smallest absolute Gasteiger partial charge is 0.254 e. The van der Waals surface area contributed by atoms with E-state index in [1.807, 2.05) is 4.90 Å². The molecule has 4 nitrogen and oxygen atoms in total. The molecule has 0 aromatic carbocycles. The lowest BCUT2D eigenvalue weighted by Crippen LogP contribution is -2.49. The van der Waals surface area contributed by atoms with Crippen LogP contribution >= 0.6 is 0 Å². The van der Waals surface area contributed by atoms with Gasteiger partial charge < -0.3 is 4.90 Å². The fourth-order valence-electron chi connectivity index (χ4n) is 2.48. The number of piperazine rings is 1. The van der Waals surface area contributed by atoms with Crippen molar-refractivity contribution in [1.29, 1.82) is 0 Å². The van der Waals surface area contributed by atoms with Gasteiger partial charge in [0.1, 0.15) is 0 Å². The maximum Gasteiger partial charge on any atom is 0.254 e. The summed E-state index contributed by atoms with van der Waals surface area (Å²) in [4.78, 5) is 20.6. The summed E-state index contributed by atoms with van der Waals surface area (Å²) in [6, 6.07) is 3.58. The Balaban J connectivity index is 1.54. The van der Waals surface area contributed by atoms with Gasteiger partial charge in [-0.2, -0.15) is 0 Å². The van der Waals surface area contributed by atoms with Gasteiger partial charge in [0.25, 0.3) is 5.91 Å². The van der Waals surface area contributed by atoms with E-state index in [9.17, 15) is 4.79 Å². The van der Waals surface area contributed by atoms with Crippen molar-refractivity contribution in [2.75, 3.05) is 32.7 Å². The van der Waals surface area contributed by atoms with E-state index in [0.717, 1.165) is 37.7 Å². The fourth-order valence-corrected chi connectivity index (χ4v) is 2.48. The Bertz CT molecular complexity index is 408. The minimum atomic E-state index is 0.142. The highest BCUT2D eigenvalue weighted by Gasteiger charge is 2.27. The highest BCUT2D eigenvalue weighted by Crippen LogP contribution is 2.29. The topological polar surface area (TPSA) is 36.4 Å². The second-order valence-corrected chi connectivity index (χ2v) is 5.27. The van der Waals surface area contributed by atoms with Crippen molar-refractivity contribution in [2.45, 2.75) is 12.8 Å². The molecule has 1 aliphatic carbocycles. The van der Waals surface area contributed by atoms with Gasteiger partial charge in [-0.15, -0.1) is 0 Å². The lowest BCUT2D eigenvalue weighted by atomic mass is 10.2. The van der Waals surface area contributed by atoms with Crippen LogP contribution in [0.1, 0.15) is 23.2 Å². The third kappa shape index (κ3) is 2.70. The molecule has 18 heavy (non-hydrogen) atoms. The molecule has 1 amide bonds. The van der Waals surface area contributed by atoms with E-state index in [1.54, 1.807) is 24.5 Å². The second-order valence-electron chi connectivity index (χ2n) is 5.27. The van der Waals surface area contributed by atoms with Crippen LogP contribution in [-0.2, 0) is 0 Å². The largest absolute Gasteiger partial charge is 0.336 e. The van der Waals surface area contributed by atoms with Gasteiger partial charge >= 0.3 is 0 Å². The van der Waals surface area contributed by atoms with Crippen LogP contribution < -0.4 is 0 Å². The molecule has 0 bridgehead atoms. The molecule has 0 N–H and O–H groups in total. The molecule has 0 radical (unpaired) electrons. The molecule has 96 valence electrons. The monoisotopic (exact) mass is 245 g/mol. The number of rotatable bonds is 3. The number of pyridine rings is 1. The number of amides is 1. The van der Waals surface area contributed by atoms with E-state index >= 15 is 0 Å². The number of carbonyl (C=O) groups is 1. The molecule has 3 rings (SSSR count). The summed E-state index contributed by atoms with van der Waals surface area (Å²) in [5.41, 5.74) is 0.751. The van der Waals surface area contributed by atoms with Crippen molar-refractivity contribution in [2.24, 2.45) is 5.92 Å². The Labute approximate surface area is 108 Å². The van der Waals surface area contributed by atoms with Crippen LogP contribution in [0.15, 0.2) is 24.5 Å². The second kappa shape index (κ2) is 5.06. The van der Waals surface area contributed by atoms with Gasteiger partial charge in [0.2, 0.25) is 0 Å². The van der Waals surface area contributed by atoms with Crippen molar-refractivity contribution >= 4 is 5.91 Å². The number of hydrogen-bond acceptors (Lipinski definition) is 3. The average Bonchev–Trinajstić information content (AvgIpc) is 3.24. The van der Waals surface area contributed by atoms with Crippen LogP contribution in [0.3, 0.4) is 0 Å². The third-order valence-electron chi connectivity index (χ3n) is 3.80. The van der Waals surface area contributed by atoms with E-state index in [0.29, 0.717) is 0 Å². The predicted octanol–water partition coefficient (Wildman–Crippen LogP) is 1.25. The summed E-state index contributed by atoms with van der Waals surface area (Å²) < 4.78 is 0. The third-order valence-corrected chi connectivity index (χ3v) is 3.80. The number of hydrogen-bond donors (Lipinski definition) is 0. The minimum Gasteiger partial charge on any atom is -0.336 e. The van der Waals surface area contributed by atoms with E-state index in [2.05, 4.69) is 9.88 Å². The summed E-state index contributed by atoms with van der Waals surface area (Å²) in [7, 11) is 0. The highest BCUT2D eigenvalue weighted by atomic mass is 16.2. The predicted molar refractivity (Wildman–Crippen MR) is 69.3 cm³/mol. The van der Waals surface area contributed by atoms with Crippen LogP contribution in [-0.4, -0.2) is 53.4 Å². The van der Waals surface area contributed by atoms with Crippen LogP contribution in [0.25, 0.3) is 0 Å². The van der Waals surface area contributed by atoms with E-state index < -0.39 is 0 Å². The van der Waals surface area contributed by atoms with Gasteiger partial charge in [0, 0.05) is 50.7 Å². The lowest BCUT2D eigenvalue weighted by molar-refractivity contribution is 0.0632. The number of aromatic nitrogens is 1. The standard InChI is InChI=1S/C14H19N3O/c18-14(13-3-5-15-6-4-13)17-9-7-16(8-10-17)11-12-1-2-12/h3-6,12H,1-2,7-11H2. The van der Waals surface area contributed by atoms with Gasteiger partial charge in [-0.25, -0.2) is 0 Å². The molecule has 1 aromatic heterocycles. The van der Waals surface area contributed by atoms with Crippen molar-refractivity contribution in [3.63, 3.8) is 0 Å². The van der Waals surface area contributed by atoms with Crippen LogP contribution in [0.4, 0.5) is 0 Å². The summed E-state index contributed by atoms with van der Waals surface area (Å²) in [5, 5.41) is 0. The maximum absolute atomic E-state index is 12.2. The zero-order chi connectivity index (χ0) is 12.4. The molecule has 0 unspecified atom stereocenters. The van der Waals surface area contributed by atoms with Gasteiger partial charge in [-0.3, -0.25) is 14.7 Å². The maximum atomic E-state index is 12.2. The first-order chi connectivity index (χ1) is 8.83. The zero-order valence-electron chi connectivity index (χ0n) is 10.6. The lowest BCUT2D eigenvalue weighted by Gasteiger charge is -2.34. The van der Waals surface area contributed by atoms with Crippen LogP contribution in [0.2, 0.25) is 0 Å². The first-order valence-corrected chi connectivity index (χ1v) is 6.74. The molecule has 2 fully saturated rings. The fraction of sp³-hybridized carbons (Fsp3) is 0.571. The number of carbonyl (C=O) groups excluding carboxylic acids is 1. The normalized spacial score (nSPS) is 21.0. The first-order valence-electron chi connectivity index (χ1n) is 6.74. The van der Waals surface area contributed by atoms with E-state index in [1.165, 1.54) is 19.4 Å². The highest BCUT2D eigenvalue weighted by molar-refractivity contribution is 5.94. The molecule has 4 heteroatoms. The Morgan fingerprint density at radius 2 is 1.83 bits per heavy atom. The van der Waals surface area contributed by atoms with Crippen molar-refractivity contribution in [1.82, 2.24) is 14.8 Å². The molecule has 0 spiro atoms. The Morgan fingerprint density at radius 1 is 1.17 bits per heavy atom. The number of nitrogens with zero attached hydrogens (tertiary/aromatic N) is 3. The SMILES string of the molecule is O=C(c1ccncc1)N1CCN(CC2CC2)CC1. The first kappa shape index (κ1) is 11.7. The van der Waals surface area contributed by atoms with Gasteiger partial charge in [-0.05, 0) is 30.9 Å². The molecule has 1 aliphatic heterocycles. The van der Waals surface area contributed by atoms with E-state index in [-0.39, 0.29) is 5.91 Å². The zero-order valence-corrected chi connectivity index (χ0v) is 10.6.